The highest BCUT2D eigenvalue weighted by atomic mass is 32.1. The molecule has 0 spiro atoms. The molecule has 110 valence electrons. The van der Waals surface area contributed by atoms with Crippen molar-refractivity contribution in [2.45, 2.75) is 19.8 Å². The fourth-order valence-electron chi connectivity index (χ4n) is 2.28. The topological polar surface area (TPSA) is 66.7 Å². The first kappa shape index (κ1) is 13.8. The molecule has 1 aliphatic rings. The Morgan fingerprint density at radius 1 is 1.57 bits per heavy atom. The summed E-state index contributed by atoms with van der Waals surface area (Å²) in [6.45, 7) is 2.65. The summed E-state index contributed by atoms with van der Waals surface area (Å²) in [5, 5.41) is 5.76. The lowest BCUT2D eigenvalue weighted by Gasteiger charge is -2.25. The molecule has 0 unspecified atom stereocenters. The minimum Gasteiger partial charge on any atom is -0.360 e. The van der Waals surface area contributed by atoms with Crippen LogP contribution in [0.4, 0.5) is 5.82 Å². The van der Waals surface area contributed by atoms with Gasteiger partial charge in [0.05, 0.1) is 4.88 Å². The lowest BCUT2D eigenvalue weighted by atomic mass is 10.3. The van der Waals surface area contributed by atoms with Crippen LogP contribution in [0.5, 0.6) is 0 Å². The zero-order valence-electron chi connectivity index (χ0n) is 11.6. The van der Waals surface area contributed by atoms with Crippen molar-refractivity contribution in [2.24, 2.45) is 0 Å². The van der Waals surface area contributed by atoms with Gasteiger partial charge >= 0.3 is 0 Å². The standard InChI is InChI=1S/C14H15N3O3S/c1-10-8-12(15-20-10)17(9-16-6-2-5-13(16)18)14(19)11-4-3-7-21-11/h3-4,7-8H,2,5-6,9H2,1H3. The van der Waals surface area contributed by atoms with E-state index in [9.17, 15) is 9.59 Å². The molecule has 0 atom stereocenters. The van der Waals surface area contributed by atoms with Gasteiger partial charge in [0.25, 0.3) is 5.91 Å². The van der Waals surface area contributed by atoms with Crippen LogP contribution in [0.25, 0.3) is 0 Å². The molecule has 0 saturated carbocycles. The maximum absolute atomic E-state index is 12.6. The van der Waals surface area contributed by atoms with Gasteiger partial charge in [-0.15, -0.1) is 11.3 Å². The smallest absolute Gasteiger partial charge is 0.271 e. The van der Waals surface area contributed by atoms with Crippen LogP contribution in [-0.2, 0) is 4.79 Å². The third kappa shape index (κ3) is 2.82. The normalized spacial score (nSPS) is 14.7. The Morgan fingerprint density at radius 2 is 2.43 bits per heavy atom. The average Bonchev–Trinajstić information content (AvgIpc) is 3.18. The van der Waals surface area contributed by atoms with Crippen molar-refractivity contribution in [3.63, 3.8) is 0 Å². The molecule has 0 N–H and O–H groups in total. The molecule has 2 aromatic rings. The molecule has 0 radical (unpaired) electrons. The van der Waals surface area contributed by atoms with Crippen molar-refractivity contribution in [1.29, 1.82) is 0 Å². The summed E-state index contributed by atoms with van der Waals surface area (Å²) in [4.78, 5) is 28.2. The largest absolute Gasteiger partial charge is 0.360 e. The molecule has 0 aromatic carbocycles. The van der Waals surface area contributed by atoms with Crippen molar-refractivity contribution >= 4 is 29.0 Å². The number of aromatic nitrogens is 1. The summed E-state index contributed by atoms with van der Waals surface area (Å²) in [6.07, 6.45) is 1.37. The summed E-state index contributed by atoms with van der Waals surface area (Å²) in [7, 11) is 0. The number of carbonyl (C=O) groups excluding carboxylic acids is 2. The highest BCUT2D eigenvalue weighted by Crippen LogP contribution is 2.21. The van der Waals surface area contributed by atoms with Gasteiger partial charge in [0.2, 0.25) is 5.91 Å². The molecule has 7 heteroatoms. The maximum atomic E-state index is 12.6. The van der Waals surface area contributed by atoms with E-state index in [1.807, 2.05) is 11.4 Å². The number of hydrogen-bond acceptors (Lipinski definition) is 5. The molecule has 0 bridgehead atoms. The molecular formula is C14H15N3O3S. The zero-order chi connectivity index (χ0) is 14.8. The lowest BCUT2D eigenvalue weighted by molar-refractivity contribution is -0.127. The Hall–Kier alpha value is -2.15. The molecular weight excluding hydrogens is 290 g/mol. The Bertz CT molecular complexity index is 650. The van der Waals surface area contributed by atoms with Gasteiger partial charge in [-0.3, -0.25) is 14.5 Å². The van der Waals surface area contributed by atoms with Gasteiger partial charge < -0.3 is 9.42 Å². The van der Waals surface area contributed by atoms with E-state index in [1.165, 1.54) is 16.2 Å². The monoisotopic (exact) mass is 305 g/mol. The predicted molar refractivity (Wildman–Crippen MR) is 78.2 cm³/mol. The molecule has 2 amide bonds. The molecule has 1 fully saturated rings. The molecule has 2 aromatic heterocycles. The van der Waals surface area contributed by atoms with E-state index < -0.39 is 0 Å². The lowest BCUT2D eigenvalue weighted by Crippen LogP contribution is -2.42. The second-order valence-corrected chi connectivity index (χ2v) is 5.86. The van der Waals surface area contributed by atoms with Gasteiger partial charge in [0.1, 0.15) is 12.4 Å². The quantitative estimate of drug-likeness (QED) is 0.869. The van der Waals surface area contributed by atoms with Crippen LogP contribution in [0.3, 0.4) is 0 Å². The van der Waals surface area contributed by atoms with Crippen molar-refractivity contribution < 1.29 is 14.1 Å². The van der Waals surface area contributed by atoms with E-state index in [0.29, 0.717) is 29.4 Å². The summed E-state index contributed by atoms with van der Waals surface area (Å²) >= 11 is 1.37. The Morgan fingerprint density at radius 3 is 3.00 bits per heavy atom. The van der Waals surface area contributed by atoms with Crippen molar-refractivity contribution in [3.05, 3.63) is 34.2 Å². The summed E-state index contributed by atoms with van der Waals surface area (Å²) in [6, 6.07) is 5.29. The summed E-state index contributed by atoms with van der Waals surface area (Å²) in [5.41, 5.74) is 0. The maximum Gasteiger partial charge on any atom is 0.271 e. The molecule has 3 rings (SSSR count). The predicted octanol–water partition coefficient (Wildman–Crippen LogP) is 2.27. The van der Waals surface area contributed by atoms with Crippen LogP contribution >= 0.6 is 11.3 Å². The highest BCUT2D eigenvalue weighted by molar-refractivity contribution is 7.12. The number of hydrogen-bond donors (Lipinski definition) is 0. The minimum atomic E-state index is -0.169. The van der Waals surface area contributed by atoms with Crippen molar-refractivity contribution in [1.82, 2.24) is 10.1 Å². The van der Waals surface area contributed by atoms with Crippen LogP contribution in [0.1, 0.15) is 28.3 Å². The van der Waals surface area contributed by atoms with Gasteiger partial charge in [-0.05, 0) is 24.8 Å². The van der Waals surface area contributed by atoms with Crippen LogP contribution in [0.15, 0.2) is 28.1 Å². The van der Waals surface area contributed by atoms with Crippen LogP contribution in [-0.4, -0.2) is 35.1 Å². The van der Waals surface area contributed by atoms with Gasteiger partial charge in [-0.25, -0.2) is 0 Å². The second kappa shape index (κ2) is 5.69. The van der Waals surface area contributed by atoms with E-state index in [2.05, 4.69) is 5.16 Å². The number of rotatable bonds is 4. The van der Waals surface area contributed by atoms with E-state index in [0.717, 1.165) is 6.42 Å². The summed E-state index contributed by atoms with van der Waals surface area (Å²) < 4.78 is 5.06. The number of anilines is 1. The third-order valence-electron chi connectivity index (χ3n) is 3.35. The van der Waals surface area contributed by atoms with Gasteiger partial charge in [-0.2, -0.15) is 0 Å². The van der Waals surface area contributed by atoms with Gasteiger partial charge in [0, 0.05) is 19.0 Å². The third-order valence-corrected chi connectivity index (χ3v) is 4.21. The second-order valence-electron chi connectivity index (χ2n) is 4.91. The van der Waals surface area contributed by atoms with Crippen molar-refractivity contribution in [3.8, 4) is 0 Å². The molecule has 0 aliphatic carbocycles. The molecule has 21 heavy (non-hydrogen) atoms. The van der Waals surface area contributed by atoms with Crippen LogP contribution in [0.2, 0.25) is 0 Å². The Balaban J connectivity index is 1.87. The van der Waals surface area contributed by atoms with E-state index in [4.69, 9.17) is 4.52 Å². The number of amides is 2. The fourth-order valence-corrected chi connectivity index (χ4v) is 2.95. The van der Waals surface area contributed by atoms with E-state index in [1.54, 1.807) is 24.0 Å². The number of aryl methyl sites for hydroxylation is 1. The molecule has 1 aliphatic heterocycles. The molecule has 1 saturated heterocycles. The minimum absolute atomic E-state index is 0.0687. The van der Waals surface area contributed by atoms with Crippen LogP contribution < -0.4 is 4.90 Å². The molecule has 3 heterocycles. The van der Waals surface area contributed by atoms with E-state index in [-0.39, 0.29) is 18.5 Å². The average molecular weight is 305 g/mol. The number of likely N-dealkylation sites (tertiary alicyclic amines) is 1. The van der Waals surface area contributed by atoms with E-state index >= 15 is 0 Å². The first-order valence-electron chi connectivity index (χ1n) is 6.71. The zero-order valence-corrected chi connectivity index (χ0v) is 12.4. The fraction of sp³-hybridized carbons (Fsp3) is 0.357. The van der Waals surface area contributed by atoms with Crippen molar-refractivity contribution in [2.75, 3.05) is 18.1 Å². The van der Waals surface area contributed by atoms with Crippen LogP contribution in [0, 0.1) is 6.92 Å². The first-order valence-corrected chi connectivity index (χ1v) is 7.59. The van der Waals surface area contributed by atoms with Gasteiger partial charge in [0.15, 0.2) is 5.82 Å². The highest BCUT2D eigenvalue weighted by Gasteiger charge is 2.28. The molecule has 6 nitrogen and oxygen atoms in total. The summed E-state index contributed by atoms with van der Waals surface area (Å²) in [5.74, 6) is 0.963. The Kier molecular flexibility index (Phi) is 3.74. The van der Waals surface area contributed by atoms with Gasteiger partial charge in [-0.1, -0.05) is 11.2 Å². The Labute approximate surface area is 125 Å². The SMILES string of the molecule is Cc1cc(N(CN2CCCC2=O)C(=O)c2cccs2)no1. The number of nitrogens with zero attached hydrogens (tertiary/aromatic N) is 3. The number of carbonyl (C=O) groups is 2. The first-order chi connectivity index (χ1) is 10.1. The number of thiophene rings is 1.